The molecule has 1 aromatic carbocycles. The summed E-state index contributed by atoms with van der Waals surface area (Å²) in [6, 6.07) is 12.9. The third kappa shape index (κ3) is 2.23. The molecule has 0 saturated carbocycles. The zero-order valence-corrected chi connectivity index (χ0v) is 9.84. The van der Waals surface area contributed by atoms with E-state index in [-0.39, 0.29) is 0 Å². The van der Waals surface area contributed by atoms with Gasteiger partial charge in [-0.25, -0.2) is 4.98 Å². The third-order valence-corrected chi connectivity index (χ3v) is 2.56. The molecule has 0 bridgehead atoms. The Hall–Kier alpha value is -2.89. The Labute approximate surface area is 108 Å². The smallest absolute Gasteiger partial charge is 0.205 e. The molecule has 6 nitrogen and oxygen atoms in total. The Morgan fingerprint density at radius 3 is 2.58 bits per heavy atom. The molecule has 0 fully saturated rings. The summed E-state index contributed by atoms with van der Waals surface area (Å²) in [4.78, 5) is 16.0. The van der Waals surface area contributed by atoms with Crippen LogP contribution in [0.1, 0.15) is 10.4 Å². The number of hydrogen-bond donors (Lipinski definition) is 0. The lowest BCUT2D eigenvalue weighted by atomic mass is 10.2. The second-order valence-electron chi connectivity index (χ2n) is 3.84. The maximum Gasteiger partial charge on any atom is 0.205 e. The molecule has 0 aliphatic heterocycles. The van der Waals surface area contributed by atoms with Crippen LogP contribution in [0.15, 0.2) is 48.7 Å². The van der Waals surface area contributed by atoms with Gasteiger partial charge in [-0.15, -0.1) is 15.0 Å². The first-order valence-electron chi connectivity index (χ1n) is 5.64. The molecule has 0 amide bonds. The molecule has 3 rings (SSSR count). The molecule has 0 saturated heterocycles. The summed E-state index contributed by atoms with van der Waals surface area (Å²) in [5.41, 5.74) is 1.39. The van der Waals surface area contributed by atoms with Crippen LogP contribution in [0.25, 0.3) is 17.2 Å². The summed E-state index contributed by atoms with van der Waals surface area (Å²) >= 11 is 0. The van der Waals surface area contributed by atoms with E-state index in [2.05, 4.69) is 20.4 Å². The monoisotopic (exact) mass is 251 g/mol. The number of rotatable bonds is 3. The molecular formula is C13H9N5O. The maximum atomic E-state index is 10.6. The van der Waals surface area contributed by atoms with Gasteiger partial charge in [0.1, 0.15) is 0 Å². The highest BCUT2D eigenvalue weighted by Gasteiger charge is 2.07. The largest absolute Gasteiger partial charge is 0.298 e. The standard InChI is InChI=1S/C13H9N5O/c19-9-10-6-7-12(14-8-10)18-16-13(15-17-18)11-4-2-1-3-5-11/h1-9H. The average molecular weight is 251 g/mol. The van der Waals surface area contributed by atoms with Crippen molar-refractivity contribution < 1.29 is 4.79 Å². The second-order valence-corrected chi connectivity index (χ2v) is 3.84. The molecule has 0 unspecified atom stereocenters. The minimum Gasteiger partial charge on any atom is -0.298 e. The zero-order valence-electron chi connectivity index (χ0n) is 9.84. The Kier molecular flexibility index (Phi) is 2.82. The Balaban J connectivity index is 1.94. The van der Waals surface area contributed by atoms with Crippen LogP contribution in [-0.4, -0.2) is 31.5 Å². The Morgan fingerprint density at radius 1 is 1.05 bits per heavy atom. The van der Waals surface area contributed by atoms with Gasteiger partial charge in [0.25, 0.3) is 0 Å². The molecule has 0 aliphatic rings. The predicted molar refractivity (Wildman–Crippen MR) is 67.8 cm³/mol. The normalized spacial score (nSPS) is 10.3. The average Bonchev–Trinajstić information content (AvgIpc) is 2.98. The molecule has 0 atom stereocenters. The van der Waals surface area contributed by atoms with Crippen molar-refractivity contribution in [1.82, 2.24) is 25.2 Å². The van der Waals surface area contributed by atoms with Crippen molar-refractivity contribution in [3.05, 3.63) is 54.2 Å². The van der Waals surface area contributed by atoms with Crippen LogP contribution < -0.4 is 0 Å². The molecular weight excluding hydrogens is 242 g/mol. The number of carbonyl (C=O) groups excluding carboxylic acids is 1. The molecule has 2 aromatic heterocycles. The summed E-state index contributed by atoms with van der Waals surface area (Å²) in [6.07, 6.45) is 2.20. The second kappa shape index (κ2) is 4.77. The highest BCUT2D eigenvalue weighted by atomic mass is 16.1. The van der Waals surface area contributed by atoms with E-state index < -0.39 is 0 Å². The molecule has 0 spiro atoms. The topological polar surface area (TPSA) is 73.6 Å². The predicted octanol–water partition coefficient (Wildman–Crippen LogP) is 1.54. The summed E-state index contributed by atoms with van der Waals surface area (Å²) in [5, 5.41) is 12.2. The summed E-state index contributed by atoms with van der Waals surface area (Å²) in [7, 11) is 0. The molecule has 92 valence electrons. The van der Waals surface area contributed by atoms with Crippen molar-refractivity contribution in [3.8, 4) is 17.2 Å². The van der Waals surface area contributed by atoms with Gasteiger partial charge in [0, 0.05) is 17.3 Å². The van der Waals surface area contributed by atoms with E-state index in [1.165, 1.54) is 11.0 Å². The van der Waals surface area contributed by atoms with Crippen LogP contribution in [0.5, 0.6) is 0 Å². The maximum absolute atomic E-state index is 10.6. The lowest BCUT2D eigenvalue weighted by Gasteiger charge is -1.96. The number of carbonyl (C=O) groups is 1. The van der Waals surface area contributed by atoms with E-state index in [0.29, 0.717) is 17.2 Å². The van der Waals surface area contributed by atoms with Gasteiger partial charge in [0.2, 0.25) is 5.82 Å². The fraction of sp³-hybridized carbons (Fsp3) is 0. The molecule has 19 heavy (non-hydrogen) atoms. The van der Waals surface area contributed by atoms with E-state index in [1.807, 2.05) is 30.3 Å². The van der Waals surface area contributed by atoms with Crippen LogP contribution in [0.4, 0.5) is 0 Å². The summed E-state index contributed by atoms with van der Waals surface area (Å²) in [6.45, 7) is 0. The van der Waals surface area contributed by atoms with Crippen LogP contribution in [-0.2, 0) is 0 Å². The van der Waals surface area contributed by atoms with Gasteiger partial charge in [-0.05, 0) is 17.3 Å². The zero-order chi connectivity index (χ0) is 13.1. The lowest BCUT2D eigenvalue weighted by Crippen LogP contribution is -2.02. The number of tetrazole rings is 1. The number of aldehydes is 1. The quantitative estimate of drug-likeness (QED) is 0.660. The van der Waals surface area contributed by atoms with Gasteiger partial charge in [-0.1, -0.05) is 30.3 Å². The van der Waals surface area contributed by atoms with Crippen molar-refractivity contribution in [3.63, 3.8) is 0 Å². The fourth-order valence-corrected chi connectivity index (χ4v) is 1.60. The number of hydrogen-bond acceptors (Lipinski definition) is 5. The molecule has 0 N–H and O–H groups in total. The van der Waals surface area contributed by atoms with E-state index in [1.54, 1.807) is 12.1 Å². The van der Waals surface area contributed by atoms with Crippen molar-refractivity contribution in [2.45, 2.75) is 0 Å². The minimum atomic E-state index is 0.507. The lowest BCUT2D eigenvalue weighted by molar-refractivity contribution is 0.112. The number of nitrogens with zero attached hydrogens (tertiary/aromatic N) is 5. The SMILES string of the molecule is O=Cc1ccc(-n2nnc(-c3ccccc3)n2)nc1. The third-order valence-electron chi connectivity index (χ3n) is 2.56. The van der Waals surface area contributed by atoms with E-state index in [9.17, 15) is 4.79 Å². The first kappa shape index (κ1) is 11.2. The van der Waals surface area contributed by atoms with Gasteiger partial charge in [0.15, 0.2) is 12.1 Å². The molecule has 2 heterocycles. The van der Waals surface area contributed by atoms with Crippen molar-refractivity contribution >= 4 is 6.29 Å². The number of pyridine rings is 1. The van der Waals surface area contributed by atoms with Gasteiger partial charge in [-0.2, -0.15) is 0 Å². The number of aromatic nitrogens is 5. The van der Waals surface area contributed by atoms with Crippen LogP contribution in [0.3, 0.4) is 0 Å². The Bertz CT molecular complexity index is 691. The van der Waals surface area contributed by atoms with Crippen LogP contribution >= 0.6 is 0 Å². The highest BCUT2D eigenvalue weighted by molar-refractivity contribution is 5.74. The van der Waals surface area contributed by atoms with E-state index >= 15 is 0 Å². The first-order valence-corrected chi connectivity index (χ1v) is 5.64. The molecule has 0 radical (unpaired) electrons. The summed E-state index contributed by atoms with van der Waals surface area (Å²) < 4.78 is 0. The van der Waals surface area contributed by atoms with E-state index in [4.69, 9.17) is 0 Å². The first-order chi connectivity index (χ1) is 9.36. The van der Waals surface area contributed by atoms with Gasteiger partial charge in [-0.3, -0.25) is 4.79 Å². The fourth-order valence-electron chi connectivity index (χ4n) is 1.60. The van der Waals surface area contributed by atoms with Crippen molar-refractivity contribution in [1.29, 1.82) is 0 Å². The summed E-state index contributed by atoms with van der Waals surface area (Å²) in [5.74, 6) is 1.04. The molecule has 0 aliphatic carbocycles. The highest BCUT2D eigenvalue weighted by Crippen LogP contribution is 2.13. The van der Waals surface area contributed by atoms with Crippen LogP contribution in [0, 0.1) is 0 Å². The Morgan fingerprint density at radius 2 is 1.89 bits per heavy atom. The van der Waals surface area contributed by atoms with Gasteiger partial charge >= 0.3 is 0 Å². The van der Waals surface area contributed by atoms with Crippen molar-refractivity contribution in [2.75, 3.05) is 0 Å². The van der Waals surface area contributed by atoms with Crippen molar-refractivity contribution in [2.24, 2.45) is 0 Å². The minimum absolute atomic E-state index is 0.507. The van der Waals surface area contributed by atoms with Gasteiger partial charge in [0.05, 0.1) is 0 Å². The number of benzene rings is 1. The van der Waals surface area contributed by atoms with Crippen LogP contribution in [0.2, 0.25) is 0 Å². The van der Waals surface area contributed by atoms with E-state index in [0.717, 1.165) is 11.8 Å². The molecule has 6 heteroatoms. The van der Waals surface area contributed by atoms with Gasteiger partial charge < -0.3 is 0 Å². The molecule has 3 aromatic rings.